The molecule has 170 valence electrons. The van der Waals surface area contributed by atoms with Crippen molar-refractivity contribution in [2.24, 2.45) is 17.8 Å². The van der Waals surface area contributed by atoms with Crippen molar-refractivity contribution in [3.63, 3.8) is 0 Å². The number of aliphatic carboxylic acids is 1. The molecule has 0 radical (unpaired) electrons. The molecule has 1 unspecified atom stereocenters. The zero-order valence-corrected chi connectivity index (χ0v) is 18.6. The normalized spacial score (nSPS) is 19.3. The van der Waals surface area contributed by atoms with Crippen LogP contribution in [0.15, 0.2) is 41.5 Å². The van der Waals surface area contributed by atoms with Crippen LogP contribution >= 0.6 is 23.2 Å². The number of benzene rings is 1. The van der Waals surface area contributed by atoms with Crippen LogP contribution in [0.25, 0.3) is 0 Å². The summed E-state index contributed by atoms with van der Waals surface area (Å²) in [5, 5.41) is 12.2. The van der Waals surface area contributed by atoms with Crippen LogP contribution in [0.4, 0.5) is 18.9 Å². The minimum Gasteiger partial charge on any atom is -0.481 e. The number of hydrogen-bond acceptors (Lipinski definition) is 2. The lowest BCUT2D eigenvalue weighted by molar-refractivity contribution is -0.188. The van der Waals surface area contributed by atoms with E-state index in [1.807, 2.05) is 6.92 Å². The zero-order chi connectivity index (χ0) is 23.3. The van der Waals surface area contributed by atoms with E-state index in [9.17, 15) is 22.8 Å². The standard InChI is InChI=1S/C22H24Cl2F3NO3/c1-3-13(11-19(29)30)15-6-9-17(24)18(10-15)28-21(31)20(12(2)22(25,26)27)14-4-7-16(23)8-5-14/h4,6-10,12-14,20H,3,5,11H2,1-2H3,(H,28,31)(H,29,30)/t12-,13-,14?,20+/m1/s1. The lowest BCUT2D eigenvalue weighted by Gasteiger charge is -2.31. The van der Waals surface area contributed by atoms with Gasteiger partial charge >= 0.3 is 12.1 Å². The van der Waals surface area contributed by atoms with Gasteiger partial charge in [-0.25, -0.2) is 0 Å². The fraction of sp³-hybridized carbons (Fsp3) is 0.455. The molecule has 0 spiro atoms. The van der Waals surface area contributed by atoms with Crippen molar-refractivity contribution in [1.29, 1.82) is 0 Å². The van der Waals surface area contributed by atoms with Gasteiger partial charge in [-0.2, -0.15) is 13.2 Å². The van der Waals surface area contributed by atoms with E-state index in [0.29, 0.717) is 17.0 Å². The van der Waals surface area contributed by atoms with Gasteiger partial charge in [-0.15, -0.1) is 0 Å². The number of amides is 1. The average molecular weight is 478 g/mol. The molecule has 2 rings (SSSR count). The number of carbonyl (C=O) groups excluding carboxylic acids is 1. The molecule has 9 heteroatoms. The van der Waals surface area contributed by atoms with E-state index in [4.69, 9.17) is 28.3 Å². The van der Waals surface area contributed by atoms with E-state index in [-0.39, 0.29) is 29.5 Å². The van der Waals surface area contributed by atoms with Gasteiger partial charge in [0.25, 0.3) is 0 Å². The first-order valence-electron chi connectivity index (χ1n) is 9.86. The third kappa shape index (κ3) is 6.74. The Morgan fingerprint density at radius 3 is 2.48 bits per heavy atom. The van der Waals surface area contributed by atoms with E-state index in [2.05, 4.69) is 5.32 Å². The van der Waals surface area contributed by atoms with Crippen molar-refractivity contribution in [1.82, 2.24) is 0 Å². The van der Waals surface area contributed by atoms with Crippen LogP contribution in [0.3, 0.4) is 0 Å². The number of carboxylic acids is 1. The summed E-state index contributed by atoms with van der Waals surface area (Å²) in [5.41, 5.74) is 0.790. The first-order chi connectivity index (χ1) is 14.4. The number of rotatable bonds is 8. The number of allylic oxidation sites excluding steroid dienone is 4. The van der Waals surface area contributed by atoms with Crippen molar-refractivity contribution in [3.05, 3.63) is 52.0 Å². The highest BCUT2D eigenvalue weighted by Gasteiger charge is 2.46. The highest BCUT2D eigenvalue weighted by atomic mass is 35.5. The summed E-state index contributed by atoms with van der Waals surface area (Å²) in [6.45, 7) is 2.81. The molecule has 1 amide bonds. The molecule has 1 aromatic carbocycles. The van der Waals surface area contributed by atoms with Crippen LogP contribution in [0.2, 0.25) is 5.02 Å². The summed E-state index contributed by atoms with van der Waals surface area (Å²) in [6, 6.07) is 4.68. The van der Waals surface area contributed by atoms with Gasteiger partial charge in [-0.3, -0.25) is 9.59 Å². The third-order valence-corrected chi connectivity index (χ3v) is 6.15. The second-order valence-corrected chi connectivity index (χ2v) is 8.48. The first kappa shape index (κ1) is 25.3. The number of carboxylic acid groups (broad SMARTS) is 1. The lowest BCUT2D eigenvalue weighted by atomic mass is 9.78. The highest BCUT2D eigenvalue weighted by Crippen LogP contribution is 2.40. The van der Waals surface area contributed by atoms with Crippen molar-refractivity contribution in [3.8, 4) is 0 Å². The van der Waals surface area contributed by atoms with Gasteiger partial charge in [0.15, 0.2) is 0 Å². The Kier molecular flexibility index (Phi) is 8.60. The van der Waals surface area contributed by atoms with Gasteiger partial charge in [-0.05, 0) is 48.4 Å². The fourth-order valence-corrected chi connectivity index (χ4v) is 4.02. The minimum atomic E-state index is -4.57. The molecule has 0 fully saturated rings. The molecule has 31 heavy (non-hydrogen) atoms. The van der Waals surface area contributed by atoms with Crippen LogP contribution in [0.5, 0.6) is 0 Å². The number of anilines is 1. The fourth-order valence-electron chi connectivity index (χ4n) is 3.69. The van der Waals surface area contributed by atoms with Crippen LogP contribution < -0.4 is 5.32 Å². The van der Waals surface area contributed by atoms with Crippen molar-refractivity contribution < 1.29 is 27.9 Å². The molecule has 1 aliphatic rings. The van der Waals surface area contributed by atoms with Crippen molar-refractivity contribution in [2.75, 3.05) is 5.32 Å². The number of carbonyl (C=O) groups is 2. The Morgan fingerprint density at radius 2 is 1.97 bits per heavy atom. The maximum absolute atomic E-state index is 13.5. The second-order valence-electron chi connectivity index (χ2n) is 7.64. The Hall–Kier alpha value is -1.99. The number of alkyl halides is 3. The predicted octanol–water partition coefficient (Wildman–Crippen LogP) is 6.76. The van der Waals surface area contributed by atoms with Gasteiger partial charge in [-0.1, -0.05) is 55.3 Å². The molecule has 1 aliphatic carbocycles. The van der Waals surface area contributed by atoms with Gasteiger partial charge in [0.1, 0.15) is 0 Å². The molecule has 0 heterocycles. The molecule has 0 saturated heterocycles. The minimum absolute atomic E-state index is 0.112. The molecule has 0 saturated carbocycles. The summed E-state index contributed by atoms with van der Waals surface area (Å²) in [6.07, 6.45) is 0.659. The maximum Gasteiger partial charge on any atom is 0.392 e. The molecule has 0 aromatic heterocycles. The van der Waals surface area contributed by atoms with Crippen LogP contribution in [-0.2, 0) is 9.59 Å². The summed E-state index contributed by atoms with van der Waals surface area (Å²) < 4.78 is 40.6. The first-order valence-corrected chi connectivity index (χ1v) is 10.6. The molecular formula is C22H24Cl2F3NO3. The summed E-state index contributed by atoms with van der Waals surface area (Å²) >= 11 is 12.1. The smallest absolute Gasteiger partial charge is 0.392 e. The summed E-state index contributed by atoms with van der Waals surface area (Å²) in [4.78, 5) is 24.1. The number of nitrogens with one attached hydrogen (secondary N) is 1. The van der Waals surface area contributed by atoms with E-state index in [1.165, 1.54) is 24.3 Å². The SMILES string of the molecule is CC[C@H](CC(=O)O)c1ccc(Cl)c(NC(=O)[C@H](C2C=CC(Cl)=CC2)[C@@H](C)C(F)(F)F)c1. The number of halogens is 5. The van der Waals surface area contributed by atoms with Gasteiger partial charge in [0, 0.05) is 5.03 Å². The molecule has 4 nitrogen and oxygen atoms in total. The Morgan fingerprint density at radius 1 is 1.29 bits per heavy atom. The van der Waals surface area contributed by atoms with E-state index in [1.54, 1.807) is 12.1 Å². The molecule has 0 aliphatic heterocycles. The van der Waals surface area contributed by atoms with Crippen molar-refractivity contribution in [2.45, 2.75) is 45.2 Å². The second kappa shape index (κ2) is 10.6. The van der Waals surface area contributed by atoms with E-state index in [0.717, 1.165) is 6.92 Å². The molecule has 0 bridgehead atoms. The largest absolute Gasteiger partial charge is 0.481 e. The van der Waals surface area contributed by atoms with Crippen molar-refractivity contribution >= 4 is 40.8 Å². The quantitative estimate of drug-likeness (QED) is 0.434. The number of hydrogen-bond donors (Lipinski definition) is 2. The monoisotopic (exact) mass is 477 g/mol. The zero-order valence-electron chi connectivity index (χ0n) is 17.0. The summed E-state index contributed by atoms with van der Waals surface area (Å²) in [7, 11) is 0. The molecule has 4 atom stereocenters. The predicted molar refractivity (Wildman–Crippen MR) is 115 cm³/mol. The Balaban J connectivity index is 2.33. The van der Waals surface area contributed by atoms with Crippen LogP contribution in [-0.4, -0.2) is 23.2 Å². The molecule has 1 aromatic rings. The highest BCUT2D eigenvalue weighted by molar-refractivity contribution is 6.33. The van der Waals surface area contributed by atoms with Crippen LogP contribution in [0, 0.1) is 17.8 Å². The van der Waals surface area contributed by atoms with Gasteiger partial charge in [0.2, 0.25) is 5.91 Å². The third-order valence-electron chi connectivity index (χ3n) is 5.54. The molecular weight excluding hydrogens is 454 g/mol. The maximum atomic E-state index is 13.5. The Bertz CT molecular complexity index is 883. The van der Waals surface area contributed by atoms with E-state index < -0.39 is 35.8 Å². The lowest BCUT2D eigenvalue weighted by Crippen LogP contribution is -2.40. The average Bonchev–Trinajstić information content (AvgIpc) is 2.68. The summed E-state index contributed by atoms with van der Waals surface area (Å²) in [5.74, 6) is -6.07. The molecule has 2 N–H and O–H groups in total. The van der Waals surface area contributed by atoms with Crippen LogP contribution in [0.1, 0.15) is 44.6 Å². The van der Waals surface area contributed by atoms with E-state index >= 15 is 0 Å². The topological polar surface area (TPSA) is 66.4 Å². The van der Waals surface area contributed by atoms with Gasteiger partial charge < -0.3 is 10.4 Å². The Labute approximate surface area is 189 Å². The van der Waals surface area contributed by atoms with Gasteiger partial charge in [0.05, 0.1) is 29.0 Å².